The summed E-state index contributed by atoms with van der Waals surface area (Å²) < 4.78 is 19.5. The maximum atomic E-state index is 13.9. The molecule has 19 heavy (non-hydrogen) atoms. The van der Waals surface area contributed by atoms with E-state index in [1.54, 1.807) is 12.1 Å². The van der Waals surface area contributed by atoms with Gasteiger partial charge in [-0.2, -0.15) is 0 Å². The summed E-state index contributed by atoms with van der Waals surface area (Å²) in [5, 5.41) is 0. The first-order valence-corrected chi connectivity index (χ1v) is 7.36. The predicted molar refractivity (Wildman–Crippen MR) is 75.8 cm³/mol. The van der Waals surface area contributed by atoms with Crippen LogP contribution in [0.5, 0.6) is 5.75 Å². The fourth-order valence-electron chi connectivity index (χ4n) is 2.62. The standard InChI is InChI=1S/C16H24FNO/c1-2-14(18)9-13-7-8-16(15(17)10-13)19-11-12-5-3-4-6-12/h7-8,10,12,14H,2-6,9,11,18H2,1H3. The van der Waals surface area contributed by atoms with Gasteiger partial charge in [-0.3, -0.25) is 0 Å². The maximum Gasteiger partial charge on any atom is 0.165 e. The van der Waals surface area contributed by atoms with Gasteiger partial charge in [-0.15, -0.1) is 0 Å². The molecule has 106 valence electrons. The summed E-state index contributed by atoms with van der Waals surface area (Å²) in [5.74, 6) is 0.715. The molecule has 1 atom stereocenters. The summed E-state index contributed by atoms with van der Waals surface area (Å²) in [4.78, 5) is 0. The fraction of sp³-hybridized carbons (Fsp3) is 0.625. The minimum Gasteiger partial charge on any atom is -0.490 e. The van der Waals surface area contributed by atoms with Crippen LogP contribution in [-0.2, 0) is 6.42 Å². The molecule has 1 aromatic rings. The third-order valence-electron chi connectivity index (χ3n) is 3.97. The third-order valence-corrected chi connectivity index (χ3v) is 3.97. The Morgan fingerprint density at radius 2 is 2.11 bits per heavy atom. The molecule has 1 aromatic carbocycles. The van der Waals surface area contributed by atoms with Crippen LogP contribution in [0.2, 0.25) is 0 Å². The average Bonchev–Trinajstić information content (AvgIpc) is 2.91. The Morgan fingerprint density at radius 3 is 2.74 bits per heavy atom. The molecule has 0 radical (unpaired) electrons. The van der Waals surface area contributed by atoms with Crippen LogP contribution in [-0.4, -0.2) is 12.6 Å². The van der Waals surface area contributed by atoms with Gasteiger partial charge in [0.05, 0.1) is 6.61 Å². The van der Waals surface area contributed by atoms with E-state index in [9.17, 15) is 4.39 Å². The molecular formula is C16H24FNO. The Morgan fingerprint density at radius 1 is 1.37 bits per heavy atom. The van der Waals surface area contributed by atoms with Crippen LogP contribution in [0.25, 0.3) is 0 Å². The fourth-order valence-corrected chi connectivity index (χ4v) is 2.62. The molecule has 0 heterocycles. The Bertz CT molecular complexity index is 402. The van der Waals surface area contributed by atoms with E-state index in [1.807, 2.05) is 13.0 Å². The van der Waals surface area contributed by atoms with Crippen molar-refractivity contribution >= 4 is 0 Å². The van der Waals surface area contributed by atoms with Crippen molar-refractivity contribution in [1.29, 1.82) is 0 Å². The van der Waals surface area contributed by atoms with Crippen LogP contribution in [0.4, 0.5) is 4.39 Å². The second-order valence-corrected chi connectivity index (χ2v) is 5.60. The van der Waals surface area contributed by atoms with Gasteiger partial charge in [-0.1, -0.05) is 25.8 Å². The van der Waals surface area contributed by atoms with Crippen molar-refractivity contribution in [3.05, 3.63) is 29.6 Å². The first kappa shape index (κ1) is 14.3. The lowest BCUT2D eigenvalue weighted by atomic mass is 10.0. The minimum absolute atomic E-state index is 0.102. The number of nitrogens with two attached hydrogens (primary N) is 1. The SMILES string of the molecule is CCC(N)Cc1ccc(OCC2CCCC2)c(F)c1. The van der Waals surface area contributed by atoms with Crippen LogP contribution in [0.3, 0.4) is 0 Å². The average molecular weight is 265 g/mol. The largest absolute Gasteiger partial charge is 0.490 e. The number of ether oxygens (including phenoxy) is 1. The summed E-state index contributed by atoms with van der Waals surface area (Å²) >= 11 is 0. The lowest BCUT2D eigenvalue weighted by molar-refractivity contribution is 0.242. The zero-order chi connectivity index (χ0) is 13.7. The molecule has 1 fully saturated rings. The molecule has 2 nitrogen and oxygen atoms in total. The van der Waals surface area contributed by atoms with Gasteiger partial charge in [-0.05, 0) is 49.3 Å². The van der Waals surface area contributed by atoms with E-state index in [4.69, 9.17) is 10.5 Å². The lowest BCUT2D eigenvalue weighted by Crippen LogP contribution is -2.21. The predicted octanol–water partition coefficient (Wildman–Crippen LogP) is 3.67. The highest BCUT2D eigenvalue weighted by atomic mass is 19.1. The van der Waals surface area contributed by atoms with E-state index in [1.165, 1.54) is 25.7 Å². The molecule has 0 amide bonds. The van der Waals surface area contributed by atoms with Gasteiger partial charge in [-0.25, -0.2) is 4.39 Å². The first-order chi connectivity index (χ1) is 9.19. The summed E-state index contributed by atoms with van der Waals surface area (Å²) in [7, 11) is 0. The van der Waals surface area contributed by atoms with Crippen molar-refractivity contribution in [3.63, 3.8) is 0 Å². The molecule has 1 saturated carbocycles. The van der Waals surface area contributed by atoms with Crippen molar-refractivity contribution in [2.24, 2.45) is 11.7 Å². The number of halogens is 1. The van der Waals surface area contributed by atoms with Gasteiger partial charge < -0.3 is 10.5 Å². The monoisotopic (exact) mass is 265 g/mol. The molecule has 0 aromatic heterocycles. The number of hydrogen-bond acceptors (Lipinski definition) is 2. The highest BCUT2D eigenvalue weighted by Crippen LogP contribution is 2.26. The molecule has 2 rings (SSSR count). The van der Waals surface area contributed by atoms with Crippen LogP contribution in [0.1, 0.15) is 44.6 Å². The van der Waals surface area contributed by atoms with Crippen LogP contribution >= 0.6 is 0 Å². The van der Waals surface area contributed by atoms with Gasteiger partial charge in [0.15, 0.2) is 11.6 Å². The van der Waals surface area contributed by atoms with E-state index in [0.717, 1.165) is 18.4 Å². The highest BCUT2D eigenvalue weighted by Gasteiger charge is 2.16. The third kappa shape index (κ3) is 4.20. The second-order valence-electron chi connectivity index (χ2n) is 5.60. The van der Waals surface area contributed by atoms with E-state index in [2.05, 4.69) is 0 Å². The first-order valence-electron chi connectivity index (χ1n) is 7.36. The second kappa shape index (κ2) is 6.90. The van der Waals surface area contributed by atoms with Gasteiger partial charge in [0.25, 0.3) is 0 Å². The van der Waals surface area contributed by atoms with Crippen LogP contribution in [0, 0.1) is 11.7 Å². The molecule has 3 heteroatoms. The Labute approximate surface area is 115 Å². The quantitative estimate of drug-likeness (QED) is 0.851. The molecule has 0 spiro atoms. The van der Waals surface area contributed by atoms with Crippen LogP contribution in [0.15, 0.2) is 18.2 Å². The Kier molecular flexibility index (Phi) is 5.20. The topological polar surface area (TPSA) is 35.2 Å². The zero-order valence-electron chi connectivity index (χ0n) is 11.7. The molecule has 1 unspecified atom stereocenters. The number of rotatable bonds is 6. The molecule has 0 bridgehead atoms. The minimum atomic E-state index is -0.265. The summed E-state index contributed by atoms with van der Waals surface area (Å²) in [6, 6.07) is 5.31. The number of hydrogen-bond donors (Lipinski definition) is 1. The molecule has 0 saturated heterocycles. The molecule has 1 aliphatic carbocycles. The summed E-state index contributed by atoms with van der Waals surface area (Å²) in [6.07, 6.45) is 6.61. The summed E-state index contributed by atoms with van der Waals surface area (Å²) in [6.45, 7) is 2.69. The smallest absolute Gasteiger partial charge is 0.165 e. The van der Waals surface area contributed by atoms with Crippen molar-refractivity contribution in [2.75, 3.05) is 6.61 Å². The van der Waals surface area contributed by atoms with E-state index in [0.29, 0.717) is 18.3 Å². The van der Waals surface area contributed by atoms with Crippen molar-refractivity contribution in [1.82, 2.24) is 0 Å². The van der Waals surface area contributed by atoms with E-state index >= 15 is 0 Å². The molecule has 0 aliphatic heterocycles. The van der Waals surface area contributed by atoms with E-state index in [-0.39, 0.29) is 11.9 Å². The van der Waals surface area contributed by atoms with Crippen LogP contribution < -0.4 is 10.5 Å². The van der Waals surface area contributed by atoms with Gasteiger partial charge in [0.1, 0.15) is 0 Å². The van der Waals surface area contributed by atoms with Gasteiger partial charge in [0, 0.05) is 6.04 Å². The molecular weight excluding hydrogens is 241 g/mol. The summed E-state index contributed by atoms with van der Waals surface area (Å²) in [5.41, 5.74) is 6.83. The maximum absolute atomic E-state index is 13.9. The highest BCUT2D eigenvalue weighted by molar-refractivity contribution is 5.29. The van der Waals surface area contributed by atoms with Gasteiger partial charge in [0.2, 0.25) is 0 Å². The molecule has 2 N–H and O–H groups in total. The molecule has 1 aliphatic rings. The van der Waals surface area contributed by atoms with Crippen molar-refractivity contribution in [2.45, 2.75) is 51.5 Å². The number of benzene rings is 1. The Balaban J connectivity index is 1.90. The Hall–Kier alpha value is -1.09. The lowest BCUT2D eigenvalue weighted by Gasteiger charge is -2.13. The van der Waals surface area contributed by atoms with E-state index < -0.39 is 0 Å². The zero-order valence-corrected chi connectivity index (χ0v) is 11.7. The van der Waals surface area contributed by atoms with Gasteiger partial charge >= 0.3 is 0 Å². The normalized spacial score (nSPS) is 17.6. The van der Waals surface area contributed by atoms with Crippen molar-refractivity contribution < 1.29 is 9.13 Å². The van der Waals surface area contributed by atoms with Crippen molar-refractivity contribution in [3.8, 4) is 5.75 Å².